The van der Waals surface area contributed by atoms with Crippen LogP contribution in [-0.4, -0.2) is 40.1 Å². The molecule has 0 spiro atoms. The molecule has 0 aliphatic carbocycles. The topological polar surface area (TPSA) is 99.8 Å². The molecule has 18 heavy (non-hydrogen) atoms. The minimum atomic E-state index is -0.363. The van der Waals surface area contributed by atoms with Crippen molar-refractivity contribution >= 4 is 11.8 Å². The number of aromatic nitrogens is 3. The van der Waals surface area contributed by atoms with Crippen molar-refractivity contribution in [2.24, 2.45) is 0 Å². The second-order valence-corrected chi connectivity index (χ2v) is 3.82. The number of aromatic amines is 1. The fourth-order valence-electron chi connectivity index (χ4n) is 1.40. The summed E-state index contributed by atoms with van der Waals surface area (Å²) >= 11 is 0. The van der Waals surface area contributed by atoms with Crippen LogP contribution < -0.4 is 10.6 Å². The number of hydrogen-bond donors (Lipinski definition) is 3. The monoisotopic (exact) mass is 253 g/mol. The van der Waals surface area contributed by atoms with Crippen LogP contribution in [0, 0.1) is 0 Å². The van der Waals surface area contributed by atoms with Crippen molar-refractivity contribution in [3.05, 3.63) is 11.6 Å². The molecule has 0 atom stereocenters. The van der Waals surface area contributed by atoms with Crippen molar-refractivity contribution in [2.45, 2.75) is 33.1 Å². The molecular formula is C11H19N5O2. The van der Waals surface area contributed by atoms with Crippen LogP contribution >= 0.6 is 0 Å². The second-order valence-electron chi connectivity index (χ2n) is 3.82. The van der Waals surface area contributed by atoms with E-state index in [-0.39, 0.29) is 30.6 Å². The number of carbonyl (C=O) groups is 2. The molecule has 1 aromatic rings. The van der Waals surface area contributed by atoms with E-state index >= 15 is 0 Å². The van der Waals surface area contributed by atoms with Crippen molar-refractivity contribution in [3.8, 4) is 0 Å². The molecule has 0 fully saturated rings. The van der Waals surface area contributed by atoms with Crippen molar-refractivity contribution < 1.29 is 9.59 Å². The fraction of sp³-hybridized carbons (Fsp3) is 0.636. The number of aryl methyl sites for hydroxylation is 1. The molecular weight excluding hydrogens is 234 g/mol. The fourth-order valence-corrected chi connectivity index (χ4v) is 1.40. The maximum Gasteiger partial charge on any atom is 0.290 e. The molecule has 0 radical (unpaired) electrons. The molecule has 0 aromatic carbocycles. The third-order valence-electron chi connectivity index (χ3n) is 2.23. The molecule has 0 unspecified atom stereocenters. The summed E-state index contributed by atoms with van der Waals surface area (Å²) < 4.78 is 0. The SMILES string of the molecule is CCCc1nc(C(=O)NCCC(=O)NCC)n[nH]1. The van der Waals surface area contributed by atoms with Gasteiger partial charge < -0.3 is 10.6 Å². The zero-order valence-electron chi connectivity index (χ0n) is 10.7. The van der Waals surface area contributed by atoms with Gasteiger partial charge in [0.1, 0.15) is 5.82 Å². The lowest BCUT2D eigenvalue weighted by Crippen LogP contribution is -2.31. The Morgan fingerprint density at radius 3 is 2.72 bits per heavy atom. The van der Waals surface area contributed by atoms with Crippen LogP contribution in [0.1, 0.15) is 43.1 Å². The maximum absolute atomic E-state index is 11.6. The second kappa shape index (κ2) is 7.41. The lowest BCUT2D eigenvalue weighted by molar-refractivity contribution is -0.120. The first-order chi connectivity index (χ1) is 8.67. The number of nitrogens with zero attached hydrogens (tertiary/aromatic N) is 2. The average Bonchev–Trinajstić information content (AvgIpc) is 2.78. The van der Waals surface area contributed by atoms with Gasteiger partial charge in [0, 0.05) is 25.9 Å². The van der Waals surface area contributed by atoms with E-state index in [1.54, 1.807) is 0 Å². The number of nitrogens with one attached hydrogen (secondary N) is 3. The van der Waals surface area contributed by atoms with Gasteiger partial charge in [0.05, 0.1) is 0 Å². The molecule has 0 saturated carbocycles. The van der Waals surface area contributed by atoms with Gasteiger partial charge in [-0.2, -0.15) is 0 Å². The maximum atomic E-state index is 11.6. The van der Waals surface area contributed by atoms with Gasteiger partial charge >= 0.3 is 0 Å². The molecule has 0 bridgehead atoms. The third-order valence-corrected chi connectivity index (χ3v) is 2.23. The van der Waals surface area contributed by atoms with Crippen LogP contribution in [0.4, 0.5) is 0 Å². The summed E-state index contributed by atoms with van der Waals surface area (Å²) in [5, 5.41) is 11.8. The van der Waals surface area contributed by atoms with E-state index in [2.05, 4.69) is 25.8 Å². The van der Waals surface area contributed by atoms with Crippen LogP contribution in [0.15, 0.2) is 0 Å². The van der Waals surface area contributed by atoms with Crippen molar-refractivity contribution in [1.29, 1.82) is 0 Å². The summed E-state index contributed by atoms with van der Waals surface area (Å²) in [7, 11) is 0. The van der Waals surface area contributed by atoms with E-state index in [1.807, 2.05) is 13.8 Å². The number of hydrogen-bond acceptors (Lipinski definition) is 4. The van der Waals surface area contributed by atoms with Gasteiger partial charge in [-0.25, -0.2) is 4.98 Å². The van der Waals surface area contributed by atoms with Crippen LogP contribution in [0.2, 0.25) is 0 Å². The predicted molar refractivity (Wildman–Crippen MR) is 66.0 cm³/mol. The lowest BCUT2D eigenvalue weighted by atomic mass is 10.3. The van der Waals surface area contributed by atoms with Crippen LogP contribution in [0.25, 0.3) is 0 Å². The summed E-state index contributed by atoms with van der Waals surface area (Å²) in [6.07, 6.45) is 1.96. The Morgan fingerprint density at radius 1 is 1.28 bits per heavy atom. The van der Waals surface area contributed by atoms with Gasteiger partial charge in [-0.15, -0.1) is 5.10 Å². The van der Waals surface area contributed by atoms with Gasteiger partial charge in [0.25, 0.3) is 5.91 Å². The van der Waals surface area contributed by atoms with E-state index in [1.165, 1.54) is 0 Å². The van der Waals surface area contributed by atoms with Crippen LogP contribution in [0.3, 0.4) is 0 Å². The number of H-pyrrole nitrogens is 1. The van der Waals surface area contributed by atoms with Crippen LogP contribution in [0.5, 0.6) is 0 Å². The highest BCUT2D eigenvalue weighted by atomic mass is 16.2. The van der Waals surface area contributed by atoms with Gasteiger partial charge in [-0.05, 0) is 13.3 Å². The van der Waals surface area contributed by atoms with E-state index in [9.17, 15) is 9.59 Å². The molecule has 7 nitrogen and oxygen atoms in total. The first-order valence-corrected chi connectivity index (χ1v) is 6.13. The van der Waals surface area contributed by atoms with Crippen molar-refractivity contribution in [3.63, 3.8) is 0 Å². The first kappa shape index (κ1) is 14.1. The number of rotatable bonds is 7. The lowest BCUT2D eigenvalue weighted by Gasteiger charge is -2.02. The molecule has 1 aromatic heterocycles. The van der Waals surface area contributed by atoms with Crippen molar-refractivity contribution in [1.82, 2.24) is 25.8 Å². The van der Waals surface area contributed by atoms with E-state index in [0.717, 1.165) is 12.8 Å². The Morgan fingerprint density at radius 2 is 2.06 bits per heavy atom. The molecule has 100 valence electrons. The third kappa shape index (κ3) is 4.52. The largest absolute Gasteiger partial charge is 0.356 e. The first-order valence-electron chi connectivity index (χ1n) is 6.13. The average molecular weight is 253 g/mol. The Hall–Kier alpha value is -1.92. The summed E-state index contributed by atoms with van der Waals surface area (Å²) in [4.78, 5) is 26.8. The summed E-state index contributed by atoms with van der Waals surface area (Å²) in [5.74, 6) is 0.373. The van der Waals surface area contributed by atoms with Gasteiger partial charge in [0.2, 0.25) is 11.7 Å². The number of carbonyl (C=O) groups excluding carboxylic acids is 2. The predicted octanol–water partition coefficient (Wildman–Crippen LogP) is 0.0132. The normalized spacial score (nSPS) is 10.1. The minimum Gasteiger partial charge on any atom is -0.356 e. The molecule has 2 amide bonds. The minimum absolute atomic E-state index is 0.0838. The molecule has 0 aliphatic rings. The van der Waals surface area contributed by atoms with Crippen LogP contribution in [-0.2, 0) is 11.2 Å². The molecule has 7 heteroatoms. The van der Waals surface area contributed by atoms with Gasteiger partial charge in [-0.3, -0.25) is 14.7 Å². The highest BCUT2D eigenvalue weighted by molar-refractivity contribution is 5.90. The summed E-state index contributed by atoms with van der Waals surface area (Å²) in [6, 6.07) is 0. The molecule has 0 aliphatic heterocycles. The molecule has 1 rings (SSSR count). The van der Waals surface area contributed by atoms with E-state index < -0.39 is 0 Å². The Bertz CT molecular complexity index is 402. The van der Waals surface area contributed by atoms with E-state index in [0.29, 0.717) is 12.4 Å². The smallest absolute Gasteiger partial charge is 0.290 e. The summed E-state index contributed by atoms with van der Waals surface area (Å²) in [5.41, 5.74) is 0. The van der Waals surface area contributed by atoms with Crippen molar-refractivity contribution in [2.75, 3.05) is 13.1 Å². The molecule has 0 saturated heterocycles. The Kier molecular flexibility index (Phi) is 5.83. The zero-order valence-corrected chi connectivity index (χ0v) is 10.7. The number of amides is 2. The van der Waals surface area contributed by atoms with E-state index in [4.69, 9.17) is 0 Å². The van der Waals surface area contributed by atoms with Gasteiger partial charge in [0.15, 0.2) is 0 Å². The highest BCUT2D eigenvalue weighted by Crippen LogP contribution is 1.96. The zero-order chi connectivity index (χ0) is 13.4. The Labute approximate surface area is 106 Å². The Balaban J connectivity index is 2.33. The molecule has 1 heterocycles. The summed E-state index contributed by atoms with van der Waals surface area (Å²) in [6.45, 7) is 4.74. The quantitative estimate of drug-likeness (QED) is 0.637. The molecule has 3 N–H and O–H groups in total. The van der Waals surface area contributed by atoms with Gasteiger partial charge in [-0.1, -0.05) is 6.92 Å². The highest BCUT2D eigenvalue weighted by Gasteiger charge is 2.11. The standard InChI is InChI=1S/C11H19N5O2/c1-3-5-8-14-10(16-15-8)11(18)13-7-6-9(17)12-4-2/h3-7H2,1-2H3,(H,12,17)(H,13,18)(H,14,15,16).